The van der Waals surface area contributed by atoms with Crippen molar-refractivity contribution in [1.29, 1.82) is 0 Å². The molecule has 3 aromatic rings. The number of ether oxygens (including phenoxy) is 1. The van der Waals surface area contributed by atoms with Gasteiger partial charge in [0.1, 0.15) is 5.01 Å². The first-order valence-electron chi connectivity index (χ1n) is 8.84. The third-order valence-corrected chi connectivity index (χ3v) is 5.78. The van der Waals surface area contributed by atoms with Gasteiger partial charge < -0.3 is 9.64 Å². The number of hydrogen-bond acceptors (Lipinski definition) is 5. The highest BCUT2D eigenvalue weighted by Crippen LogP contribution is 2.33. The normalized spacial score (nSPS) is 19.8. The molecule has 0 spiro atoms. The summed E-state index contributed by atoms with van der Waals surface area (Å²) in [6.45, 7) is 4.47. The Kier molecular flexibility index (Phi) is 5.13. The van der Waals surface area contributed by atoms with Gasteiger partial charge in [-0.1, -0.05) is 6.58 Å². The maximum absolute atomic E-state index is 12.9. The zero-order valence-corrected chi connectivity index (χ0v) is 16.0. The molecular formula is C19H17F3N4O2S. The molecule has 1 amide bonds. The number of fused-ring (bicyclic) bond motifs is 1. The van der Waals surface area contributed by atoms with Gasteiger partial charge in [-0.3, -0.25) is 9.48 Å². The van der Waals surface area contributed by atoms with Crippen LogP contribution in [-0.2, 0) is 22.3 Å². The molecule has 3 heterocycles. The summed E-state index contributed by atoms with van der Waals surface area (Å²) in [7, 11) is 0. The van der Waals surface area contributed by atoms with Crippen molar-refractivity contribution >= 4 is 27.5 Å². The minimum Gasteiger partial charge on any atom is -0.367 e. The Bertz CT molecular complexity index is 1030. The van der Waals surface area contributed by atoms with Crippen LogP contribution in [0.1, 0.15) is 16.6 Å². The molecule has 0 radical (unpaired) electrons. The van der Waals surface area contributed by atoms with Gasteiger partial charge in [0.05, 0.1) is 34.5 Å². The first kappa shape index (κ1) is 19.6. The highest BCUT2D eigenvalue weighted by atomic mass is 32.1. The molecule has 0 bridgehead atoms. The minimum absolute atomic E-state index is 0.138. The van der Waals surface area contributed by atoms with Crippen LogP contribution in [0.4, 0.5) is 13.2 Å². The van der Waals surface area contributed by atoms with Crippen LogP contribution in [0.5, 0.6) is 0 Å². The molecule has 4 rings (SSSR count). The van der Waals surface area contributed by atoms with Crippen LogP contribution < -0.4 is 0 Å². The summed E-state index contributed by atoms with van der Waals surface area (Å²) in [5.74, 6) is -0.187. The molecule has 1 aliphatic heterocycles. The van der Waals surface area contributed by atoms with Crippen molar-refractivity contribution in [2.45, 2.75) is 24.9 Å². The summed E-state index contributed by atoms with van der Waals surface area (Å²) >= 11 is 1.29. The molecule has 1 aromatic carbocycles. The quantitative estimate of drug-likeness (QED) is 0.589. The van der Waals surface area contributed by atoms with Crippen LogP contribution in [-0.4, -0.2) is 44.8 Å². The van der Waals surface area contributed by atoms with Crippen molar-refractivity contribution in [3.05, 3.63) is 59.9 Å². The number of rotatable bonds is 5. The molecule has 0 saturated carbocycles. The lowest BCUT2D eigenvalue weighted by atomic mass is 10.2. The molecule has 152 valence electrons. The summed E-state index contributed by atoms with van der Waals surface area (Å²) in [6, 6.07) is 5.14. The molecule has 1 saturated heterocycles. The first-order chi connectivity index (χ1) is 13.8. The smallest absolute Gasteiger partial charge is 0.367 e. The van der Waals surface area contributed by atoms with Crippen molar-refractivity contribution in [3.8, 4) is 0 Å². The molecule has 1 aliphatic rings. The summed E-state index contributed by atoms with van der Waals surface area (Å²) in [6.07, 6.45) is -0.0123. The van der Waals surface area contributed by atoms with E-state index in [4.69, 9.17) is 4.74 Å². The minimum atomic E-state index is -4.41. The average molecular weight is 422 g/mol. The SMILES string of the molecule is C=CC(=O)N1C[C@@H](n2cccn2)[C@H](OCc2nc3cc(C(F)(F)F)ccc3s2)C1. The number of carbonyl (C=O) groups excluding carboxylic acids is 1. The predicted molar refractivity (Wildman–Crippen MR) is 101 cm³/mol. The van der Waals surface area contributed by atoms with E-state index in [1.807, 2.05) is 0 Å². The highest BCUT2D eigenvalue weighted by Gasteiger charge is 2.37. The van der Waals surface area contributed by atoms with Gasteiger partial charge >= 0.3 is 6.18 Å². The number of thiazole rings is 1. The monoisotopic (exact) mass is 422 g/mol. The number of aromatic nitrogens is 3. The zero-order valence-electron chi connectivity index (χ0n) is 15.2. The number of likely N-dealkylation sites (tertiary alicyclic amines) is 1. The molecule has 0 aliphatic carbocycles. The van der Waals surface area contributed by atoms with E-state index in [9.17, 15) is 18.0 Å². The molecular weight excluding hydrogens is 405 g/mol. The second-order valence-electron chi connectivity index (χ2n) is 6.64. The largest absolute Gasteiger partial charge is 0.416 e. The Morgan fingerprint density at radius 3 is 2.90 bits per heavy atom. The van der Waals surface area contributed by atoms with E-state index in [0.717, 1.165) is 12.1 Å². The van der Waals surface area contributed by atoms with Gasteiger partial charge in [0.2, 0.25) is 5.91 Å². The molecule has 0 unspecified atom stereocenters. The lowest BCUT2D eigenvalue weighted by Gasteiger charge is -2.18. The Labute approximate surface area is 168 Å². The summed E-state index contributed by atoms with van der Waals surface area (Å²) in [5, 5.41) is 4.82. The first-order valence-corrected chi connectivity index (χ1v) is 9.65. The van der Waals surface area contributed by atoms with E-state index < -0.39 is 11.7 Å². The Morgan fingerprint density at radius 2 is 2.21 bits per heavy atom. The average Bonchev–Trinajstić information content (AvgIpc) is 3.42. The van der Waals surface area contributed by atoms with Crippen LogP contribution in [0.3, 0.4) is 0 Å². The molecule has 2 atom stereocenters. The zero-order chi connectivity index (χ0) is 20.6. The molecule has 0 N–H and O–H groups in total. The van der Waals surface area contributed by atoms with Gasteiger partial charge in [-0.2, -0.15) is 18.3 Å². The maximum Gasteiger partial charge on any atom is 0.416 e. The van der Waals surface area contributed by atoms with Gasteiger partial charge in [0.15, 0.2) is 0 Å². The predicted octanol–water partition coefficient (Wildman–Crippen LogP) is 3.67. The third-order valence-electron chi connectivity index (χ3n) is 4.77. The second-order valence-corrected chi connectivity index (χ2v) is 7.75. The number of alkyl halides is 3. The standard InChI is InChI=1S/C19H17F3N4O2S/c1-2-18(27)25-9-14(26-7-3-6-23-26)15(10-25)28-11-17-24-13-8-12(19(20,21)22)4-5-16(13)29-17/h2-8,14-15H,1,9-11H2/t14-,15-/m1/s1. The Hall–Kier alpha value is -2.72. The Morgan fingerprint density at radius 1 is 1.38 bits per heavy atom. The third kappa shape index (κ3) is 4.03. The van der Waals surface area contributed by atoms with Crippen LogP contribution in [0.2, 0.25) is 0 Å². The van der Waals surface area contributed by atoms with Crippen LogP contribution in [0.25, 0.3) is 10.2 Å². The van der Waals surface area contributed by atoms with Gasteiger partial charge in [0.25, 0.3) is 0 Å². The van der Waals surface area contributed by atoms with Crippen molar-refractivity contribution in [2.24, 2.45) is 0 Å². The van der Waals surface area contributed by atoms with Gasteiger partial charge in [-0.25, -0.2) is 4.98 Å². The molecule has 6 nitrogen and oxygen atoms in total. The highest BCUT2D eigenvalue weighted by molar-refractivity contribution is 7.18. The number of carbonyl (C=O) groups is 1. The summed E-state index contributed by atoms with van der Waals surface area (Å²) < 4.78 is 47.1. The van der Waals surface area contributed by atoms with Gasteiger partial charge in [-0.15, -0.1) is 11.3 Å². The summed E-state index contributed by atoms with van der Waals surface area (Å²) in [4.78, 5) is 17.9. The van der Waals surface area contributed by atoms with E-state index >= 15 is 0 Å². The van der Waals surface area contributed by atoms with Gasteiger partial charge in [-0.05, 0) is 30.3 Å². The van der Waals surface area contributed by atoms with Crippen LogP contribution >= 0.6 is 11.3 Å². The van der Waals surface area contributed by atoms with E-state index in [2.05, 4.69) is 16.7 Å². The summed E-state index contributed by atoms with van der Waals surface area (Å²) in [5.41, 5.74) is -0.433. The fourth-order valence-corrected chi connectivity index (χ4v) is 4.22. The molecule has 1 fully saturated rings. The molecule has 2 aromatic heterocycles. The lowest BCUT2D eigenvalue weighted by Crippen LogP contribution is -2.28. The number of benzene rings is 1. The number of halogens is 3. The molecule has 10 heteroatoms. The lowest BCUT2D eigenvalue weighted by molar-refractivity contribution is -0.137. The van der Waals surface area contributed by atoms with E-state index in [1.165, 1.54) is 23.5 Å². The van der Waals surface area contributed by atoms with Gasteiger partial charge in [0, 0.05) is 25.5 Å². The molecule has 29 heavy (non-hydrogen) atoms. The number of nitrogens with zero attached hydrogens (tertiary/aromatic N) is 4. The van der Waals surface area contributed by atoms with Crippen molar-refractivity contribution in [2.75, 3.05) is 13.1 Å². The number of hydrogen-bond donors (Lipinski definition) is 0. The van der Waals surface area contributed by atoms with Crippen LogP contribution in [0.15, 0.2) is 49.3 Å². The van der Waals surface area contributed by atoms with E-state index in [0.29, 0.717) is 28.3 Å². The fraction of sp³-hybridized carbons (Fsp3) is 0.316. The Balaban J connectivity index is 1.50. The van der Waals surface area contributed by atoms with Crippen molar-refractivity contribution in [1.82, 2.24) is 19.7 Å². The van der Waals surface area contributed by atoms with Crippen LogP contribution in [0, 0.1) is 0 Å². The van der Waals surface area contributed by atoms with E-state index in [-0.39, 0.29) is 24.7 Å². The maximum atomic E-state index is 12.9. The topological polar surface area (TPSA) is 60.2 Å². The number of amides is 1. The van der Waals surface area contributed by atoms with E-state index in [1.54, 1.807) is 28.0 Å². The second kappa shape index (κ2) is 7.60. The fourth-order valence-electron chi connectivity index (χ4n) is 3.35. The van der Waals surface area contributed by atoms with Crippen molar-refractivity contribution in [3.63, 3.8) is 0 Å². The van der Waals surface area contributed by atoms with Crippen molar-refractivity contribution < 1.29 is 22.7 Å².